The molecule has 0 aromatic heterocycles. The van der Waals surface area contributed by atoms with Gasteiger partial charge in [-0.15, -0.1) is 11.8 Å². The van der Waals surface area contributed by atoms with Gasteiger partial charge < -0.3 is 14.6 Å². The van der Waals surface area contributed by atoms with E-state index >= 15 is 0 Å². The molecule has 3 rings (SSSR count). The first-order chi connectivity index (χ1) is 8.24. The second-order valence-electron chi connectivity index (χ2n) is 4.14. The summed E-state index contributed by atoms with van der Waals surface area (Å²) in [5.74, 6) is 0.646. The van der Waals surface area contributed by atoms with Crippen LogP contribution in [-0.4, -0.2) is 29.5 Å². The second-order valence-corrected chi connectivity index (χ2v) is 5.45. The van der Waals surface area contributed by atoms with Gasteiger partial charge in [-0.2, -0.15) is 0 Å². The average Bonchev–Trinajstić information content (AvgIpc) is 3.08. The van der Waals surface area contributed by atoms with Crippen LogP contribution in [0.1, 0.15) is 6.42 Å². The molecule has 2 aliphatic rings. The topological polar surface area (TPSA) is 55.8 Å². The van der Waals surface area contributed by atoms with Gasteiger partial charge in [0.25, 0.3) is 0 Å². The number of hydrogen-bond acceptors (Lipinski definition) is 4. The maximum atomic E-state index is 10.7. The summed E-state index contributed by atoms with van der Waals surface area (Å²) in [5.41, 5.74) is 0. The van der Waals surface area contributed by atoms with Gasteiger partial charge in [-0.3, -0.25) is 4.79 Å². The molecule has 1 aromatic rings. The van der Waals surface area contributed by atoms with Crippen molar-refractivity contribution in [1.82, 2.24) is 0 Å². The van der Waals surface area contributed by atoms with E-state index in [0.717, 1.165) is 22.8 Å². The van der Waals surface area contributed by atoms with Gasteiger partial charge >= 0.3 is 5.97 Å². The third-order valence-corrected chi connectivity index (χ3v) is 4.20. The van der Waals surface area contributed by atoms with Gasteiger partial charge in [0, 0.05) is 10.1 Å². The number of benzene rings is 1. The van der Waals surface area contributed by atoms with Crippen LogP contribution in [0.5, 0.6) is 11.5 Å². The fourth-order valence-corrected chi connectivity index (χ4v) is 3.09. The number of hydrogen-bond donors (Lipinski definition) is 1. The zero-order valence-corrected chi connectivity index (χ0v) is 9.90. The minimum atomic E-state index is -0.694. The van der Waals surface area contributed by atoms with Gasteiger partial charge in [0.2, 0.25) is 0 Å². The van der Waals surface area contributed by atoms with Gasteiger partial charge in [0.1, 0.15) is 13.2 Å². The lowest BCUT2D eigenvalue weighted by molar-refractivity contribution is -0.138. The normalized spacial score (nSPS) is 25.4. The number of carbonyl (C=O) groups is 1. The first kappa shape index (κ1) is 10.8. The molecular weight excluding hydrogens is 240 g/mol. The first-order valence-corrected chi connectivity index (χ1v) is 6.41. The molecule has 2 unspecified atom stereocenters. The van der Waals surface area contributed by atoms with Crippen LogP contribution >= 0.6 is 11.8 Å². The Hall–Kier alpha value is -1.36. The van der Waals surface area contributed by atoms with E-state index < -0.39 is 5.97 Å². The van der Waals surface area contributed by atoms with E-state index in [1.54, 1.807) is 11.8 Å². The molecule has 2 atom stereocenters. The van der Waals surface area contributed by atoms with Crippen LogP contribution in [0.25, 0.3) is 0 Å². The number of rotatable bonds is 3. The fourth-order valence-electron chi connectivity index (χ4n) is 1.83. The molecule has 4 nitrogen and oxygen atoms in total. The minimum Gasteiger partial charge on any atom is -0.486 e. The van der Waals surface area contributed by atoms with Crippen molar-refractivity contribution in [2.75, 3.05) is 13.2 Å². The van der Waals surface area contributed by atoms with E-state index in [1.807, 2.05) is 18.2 Å². The molecule has 1 aliphatic carbocycles. The summed E-state index contributed by atoms with van der Waals surface area (Å²) in [6, 6.07) is 5.76. The summed E-state index contributed by atoms with van der Waals surface area (Å²) in [6.07, 6.45) is 0.758. The standard InChI is InChI=1S/C12H12O4S/c13-12(14)8-6-11(8)17-7-1-2-9-10(5-7)16-4-3-15-9/h1-2,5,8,11H,3-4,6H2,(H,13,14). The third kappa shape index (κ3) is 2.20. The first-order valence-electron chi connectivity index (χ1n) is 5.53. The Kier molecular flexibility index (Phi) is 2.63. The van der Waals surface area contributed by atoms with Crippen molar-refractivity contribution >= 4 is 17.7 Å². The van der Waals surface area contributed by atoms with Crippen LogP contribution in [0.4, 0.5) is 0 Å². The van der Waals surface area contributed by atoms with E-state index in [0.29, 0.717) is 13.2 Å². The molecule has 0 radical (unpaired) electrons. The monoisotopic (exact) mass is 252 g/mol. The van der Waals surface area contributed by atoms with Crippen molar-refractivity contribution in [2.45, 2.75) is 16.6 Å². The maximum absolute atomic E-state index is 10.7. The van der Waals surface area contributed by atoms with Crippen LogP contribution in [0.15, 0.2) is 23.1 Å². The smallest absolute Gasteiger partial charge is 0.307 e. The third-order valence-electron chi connectivity index (χ3n) is 2.85. The lowest BCUT2D eigenvalue weighted by Crippen LogP contribution is -2.15. The molecule has 17 heavy (non-hydrogen) atoms. The van der Waals surface area contributed by atoms with Crippen LogP contribution in [-0.2, 0) is 4.79 Å². The number of aliphatic carboxylic acids is 1. The predicted molar refractivity (Wildman–Crippen MR) is 62.8 cm³/mol. The highest BCUT2D eigenvalue weighted by Gasteiger charge is 2.43. The van der Waals surface area contributed by atoms with Crippen LogP contribution in [0, 0.1) is 5.92 Å². The second kappa shape index (κ2) is 4.14. The molecule has 90 valence electrons. The summed E-state index contributed by atoms with van der Waals surface area (Å²) >= 11 is 1.60. The molecule has 5 heteroatoms. The SMILES string of the molecule is O=C(O)C1CC1Sc1ccc2c(c1)OCCO2. The van der Waals surface area contributed by atoms with Crippen molar-refractivity contribution in [1.29, 1.82) is 0 Å². The van der Waals surface area contributed by atoms with Gasteiger partial charge in [0.05, 0.1) is 5.92 Å². The Morgan fingerprint density at radius 1 is 1.29 bits per heavy atom. The number of ether oxygens (including phenoxy) is 2. The number of thioether (sulfide) groups is 1. The molecule has 0 amide bonds. The molecule has 1 heterocycles. The Bertz CT molecular complexity index is 460. The molecule has 1 aliphatic heterocycles. The predicted octanol–water partition coefficient (Wildman–Crippen LogP) is 2.02. The number of fused-ring (bicyclic) bond motifs is 1. The van der Waals surface area contributed by atoms with E-state index in [1.165, 1.54) is 0 Å². The van der Waals surface area contributed by atoms with Crippen molar-refractivity contribution in [2.24, 2.45) is 5.92 Å². The highest BCUT2D eigenvalue weighted by atomic mass is 32.2. The molecular formula is C12H12O4S. The molecule has 1 fully saturated rings. The van der Waals surface area contributed by atoms with Crippen molar-refractivity contribution in [3.05, 3.63) is 18.2 Å². The highest BCUT2D eigenvalue weighted by Crippen LogP contribution is 2.46. The maximum Gasteiger partial charge on any atom is 0.307 e. The summed E-state index contributed by atoms with van der Waals surface area (Å²) in [6.45, 7) is 1.16. The fraction of sp³-hybridized carbons (Fsp3) is 0.417. The number of carboxylic acid groups (broad SMARTS) is 1. The Morgan fingerprint density at radius 2 is 2.06 bits per heavy atom. The Balaban J connectivity index is 1.70. The van der Waals surface area contributed by atoms with E-state index in [9.17, 15) is 4.79 Å². The van der Waals surface area contributed by atoms with Crippen molar-refractivity contribution in [3.63, 3.8) is 0 Å². The largest absolute Gasteiger partial charge is 0.486 e. The molecule has 1 saturated carbocycles. The highest BCUT2D eigenvalue weighted by molar-refractivity contribution is 8.00. The van der Waals surface area contributed by atoms with E-state index in [2.05, 4.69) is 0 Å². The lowest BCUT2D eigenvalue weighted by atomic mass is 10.3. The van der Waals surface area contributed by atoms with E-state index in [4.69, 9.17) is 14.6 Å². The average molecular weight is 252 g/mol. The van der Waals surface area contributed by atoms with Crippen molar-refractivity contribution < 1.29 is 19.4 Å². The van der Waals surface area contributed by atoms with E-state index in [-0.39, 0.29) is 11.2 Å². The quantitative estimate of drug-likeness (QED) is 0.892. The Labute approximate surface area is 103 Å². The van der Waals surface area contributed by atoms with Gasteiger partial charge in [-0.25, -0.2) is 0 Å². The molecule has 0 spiro atoms. The minimum absolute atomic E-state index is 0.187. The lowest BCUT2D eigenvalue weighted by Gasteiger charge is -2.18. The van der Waals surface area contributed by atoms with Gasteiger partial charge in [0.15, 0.2) is 11.5 Å². The summed E-state index contributed by atoms with van der Waals surface area (Å²) < 4.78 is 10.9. The number of carboxylic acids is 1. The van der Waals surface area contributed by atoms with Crippen LogP contribution in [0.2, 0.25) is 0 Å². The zero-order chi connectivity index (χ0) is 11.8. The summed E-state index contributed by atoms with van der Waals surface area (Å²) in [7, 11) is 0. The van der Waals surface area contributed by atoms with Crippen molar-refractivity contribution in [3.8, 4) is 11.5 Å². The molecule has 0 bridgehead atoms. The van der Waals surface area contributed by atoms with Gasteiger partial charge in [-0.05, 0) is 24.6 Å². The summed E-state index contributed by atoms with van der Waals surface area (Å²) in [4.78, 5) is 11.8. The van der Waals surface area contributed by atoms with Crippen LogP contribution in [0.3, 0.4) is 0 Å². The molecule has 1 N–H and O–H groups in total. The van der Waals surface area contributed by atoms with Gasteiger partial charge in [-0.1, -0.05) is 0 Å². The van der Waals surface area contributed by atoms with Crippen LogP contribution < -0.4 is 9.47 Å². The Morgan fingerprint density at radius 3 is 2.76 bits per heavy atom. The molecule has 1 aromatic carbocycles. The summed E-state index contributed by atoms with van der Waals surface area (Å²) in [5, 5.41) is 9.04. The zero-order valence-electron chi connectivity index (χ0n) is 9.09. The molecule has 0 saturated heterocycles.